The molecule has 2 nitrogen and oxygen atoms in total. The average molecular weight is 278 g/mol. The fourth-order valence-electron chi connectivity index (χ4n) is 3.75. The summed E-state index contributed by atoms with van der Waals surface area (Å²) in [4.78, 5) is 2.49. The summed E-state index contributed by atoms with van der Waals surface area (Å²) >= 11 is 0. The lowest BCUT2D eigenvalue weighted by Crippen LogP contribution is -2.25. The number of nitrogens with zero attached hydrogens (tertiary/aromatic N) is 1. The van der Waals surface area contributed by atoms with Gasteiger partial charge in [-0.3, -0.25) is 0 Å². The third kappa shape index (κ3) is 2.10. The third-order valence-electron chi connectivity index (χ3n) is 4.82. The van der Waals surface area contributed by atoms with E-state index in [2.05, 4.69) is 66.5 Å². The average Bonchev–Trinajstić information content (AvgIpc) is 2.82. The first kappa shape index (κ1) is 12.8. The maximum atomic E-state index is 3.59. The van der Waals surface area contributed by atoms with Crippen LogP contribution in [0.15, 0.2) is 42.5 Å². The number of rotatable bonds is 1. The van der Waals surface area contributed by atoms with Gasteiger partial charge in [0.05, 0.1) is 0 Å². The van der Waals surface area contributed by atoms with E-state index in [9.17, 15) is 0 Å². The Kier molecular flexibility index (Phi) is 2.91. The van der Waals surface area contributed by atoms with Crippen molar-refractivity contribution in [2.45, 2.75) is 45.2 Å². The summed E-state index contributed by atoms with van der Waals surface area (Å²) in [5, 5.41) is 3.59. The molecule has 2 aromatic carbocycles. The molecule has 2 unspecified atom stereocenters. The second kappa shape index (κ2) is 4.80. The first-order chi connectivity index (χ1) is 10.2. The van der Waals surface area contributed by atoms with Crippen LogP contribution in [0.1, 0.15) is 31.4 Å². The predicted molar refractivity (Wildman–Crippen MR) is 89.6 cm³/mol. The van der Waals surface area contributed by atoms with Gasteiger partial charge in [0, 0.05) is 29.1 Å². The zero-order valence-electron chi connectivity index (χ0n) is 12.8. The Hall–Kier alpha value is -1.96. The van der Waals surface area contributed by atoms with Gasteiger partial charge >= 0.3 is 0 Å². The van der Waals surface area contributed by atoms with Crippen molar-refractivity contribution < 1.29 is 0 Å². The van der Waals surface area contributed by atoms with Crippen LogP contribution in [0.3, 0.4) is 0 Å². The summed E-state index contributed by atoms with van der Waals surface area (Å²) in [6.07, 6.45) is 3.55. The van der Waals surface area contributed by atoms with E-state index < -0.39 is 0 Å². The SMILES string of the molecule is CC1CCc2cc(N3c4ccccc4CC3C)ccc2N1. The fourth-order valence-corrected chi connectivity index (χ4v) is 3.75. The lowest BCUT2D eigenvalue weighted by molar-refractivity contribution is 0.680. The zero-order valence-corrected chi connectivity index (χ0v) is 12.8. The molecule has 0 amide bonds. The Morgan fingerprint density at radius 3 is 2.81 bits per heavy atom. The highest BCUT2D eigenvalue weighted by atomic mass is 15.2. The van der Waals surface area contributed by atoms with E-state index in [0.717, 1.165) is 6.42 Å². The molecule has 0 saturated carbocycles. The van der Waals surface area contributed by atoms with Gasteiger partial charge in [0.25, 0.3) is 0 Å². The summed E-state index contributed by atoms with van der Waals surface area (Å²) in [5.41, 5.74) is 6.96. The molecule has 1 N–H and O–H groups in total. The predicted octanol–water partition coefficient (Wildman–Crippen LogP) is 4.52. The van der Waals surface area contributed by atoms with Crippen molar-refractivity contribution in [3.63, 3.8) is 0 Å². The van der Waals surface area contributed by atoms with Crippen LogP contribution in [0, 0.1) is 0 Å². The second-order valence-electron chi connectivity index (χ2n) is 6.48. The molecule has 2 aromatic rings. The summed E-state index contributed by atoms with van der Waals surface area (Å²) in [5.74, 6) is 0. The van der Waals surface area contributed by atoms with Gasteiger partial charge in [-0.05, 0) is 68.5 Å². The van der Waals surface area contributed by atoms with Crippen LogP contribution in [0.25, 0.3) is 0 Å². The van der Waals surface area contributed by atoms with Crippen LogP contribution in [-0.2, 0) is 12.8 Å². The molecule has 2 heteroatoms. The number of para-hydroxylation sites is 1. The van der Waals surface area contributed by atoms with Crippen molar-refractivity contribution in [3.8, 4) is 0 Å². The van der Waals surface area contributed by atoms with E-state index in [4.69, 9.17) is 0 Å². The van der Waals surface area contributed by atoms with Gasteiger partial charge in [-0.2, -0.15) is 0 Å². The van der Waals surface area contributed by atoms with Gasteiger partial charge in [0.15, 0.2) is 0 Å². The van der Waals surface area contributed by atoms with E-state index >= 15 is 0 Å². The van der Waals surface area contributed by atoms with Crippen LogP contribution in [0.2, 0.25) is 0 Å². The molecule has 2 heterocycles. The lowest BCUT2D eigenvalue weighted by Gasteiger charge is -2.29. The van der Waals surface area contributed by atoms with Gasteiger partial charge in [-0.1, -0.05) is 18.2 Å². The second-order valence-corrected chi connectivity index (χ2v) is 6.48. The number of aryl methyl sites for hydroxylation is 1. The van der Waals surface area contributed by atoms with Crippen molar-refractivity contribution >= 4 is 17.1 Å². The minimum absolute atomic E-state index is 0.538. The minimum Gasteiger partial charge on any atom is -0.382 e. The Morgan fingerprint density at radius 1 is 1.05 bits per heavy atom. The lowest BCUT2D eigenvalue weighted by atomic mass is 9.98. The molecule has 2 atom stereocenters. The number of hydrogen-bond donors (Lipinski definition) is 1. The van der Waals surface area contributed by atoms with Crippen molar-refractivity contribution in [1.29, 1.82) is 0 Å². The molecule has 2 aliphatic heterocycles. The van der Waals surface area contributed by atoms with Crippen molar-refractivity contribution in [3.05, 3.63) is 53.6 Å². The first-order valence-electron chi connectivity index (χ1n) is 7.99. The maximum Gasteiger partial charge on any atom is 0.0446 e. The molecule has 21 heavy (non-hydrogen) atoms. The summed E-state index contributed by atoms with van der Waals surface area (Å²) in [7, 11) is 0. The van der Waals surface area contributed by atoms with Crippen LogP contribution < -0.4 is 10.2 Å². The molecular weight excluding hydrogens is 256 g/mol. The topological polar surface area (TPSA) is 15.3 Å². The Bertz CT molecular complexity index is 677. The van der Waals surface area contributed by atoms with Crippen molar-refractivity contribution in [2.24, 2.45) is 0 Å². The fraction of sp³-hybridized carbons (Fsp3) is 0.368. The van der Waals surface area contributed by atoms with Gasteiger partial charge in [-0.25, -0.2) is 0 Å². The van der Waals surface area contributed by atoms with E-state index in [1.807, 2.05) is 0 Å². The van der Waals surface area contributed by atoms with Crippen molar-refractivity contribution in [2.75, 3.05) is 10.2 Å². The summed E-state index contributed by atoms with van der Waals surface area (Å²) in [6.45, 7) is 4.58. The summed E-state index contributed by atoms with van der Waals surface area (Å²) in [6, 6.07) is 16.8. The molecule has 0 bridgehead atoms. The normalized spacial score (nSPS) is 23.4. The van der Waals surface area contributed by atoms with E-state index in [-0.39, 0.29) is 0 Å². The monoisotopic (exact) mass is 278 g/mol. The number of benzene rings is 2. The molecule has 0 saturated heterocycles. The minimum atomic E-state index is 0.538. The molecule has 0 fully saturated rings. The molecule has 0 radical (unpaired) electrons. The van der Waals surface area contributed by atoms with E-state index in [0.29, 0.717) is 12.1 Å². The molecule has 4 rings (SSSR count). The molecular formula is C19H22N2. The Morgan fingerprint density at radius 2 is 1.90 bits per heavy atom. The number of hydrogen-bond acceptors (Lipinski definition) is 2. The maximum absolute atomic E-state index is 3.59. The molecule has 0 spiro atoms. The zero-order chi connectivity index (χ0) is 14.4. The molecule has 2 aliphatic rings. The van der Waals surface area contributed by atoms with Gasteiger partial charge in [0.1, 0.15) is 0 Å². The first-order valence-corrected chi connectivity index (χ1v) is 7.99. The highest BCUT2D eigenvalue weighted by Crippen LogP contribution is 2.39. The largest absolute Gasteiger partial charge is 0.382 e. The number of fused-ring (bicyclic) bond motifs is 2. The molecule has 108 valence electrons. The molecule has 0 aliphatic carbocycles. The highest BCUT2D eigenvalue weighted by molar-refractivity contribution is 5.73. The quantitative estimate of drug-likeness (QED) is 0.825. The summed E-state index contributed by atoms with van der Waals surface area (Å²) < 4.78 is 0. The standard InChI is InChI=1S/C19H22N2/c1-13-7-8-15-12-17(9-10-18(15)20-13)21-14(2)11-16-5-3-4-6-19(16)21/h3-6,9-10,12-14,20H,7-8,11H2,1-2H3. The molecule has 0 aromatic heterocycles. The highest BCUT2D eigenvalue weighted by Gasteiger charge is 2.27. The Labute approximate surface area is 126 Å². The van der Waals surface area contributed by atoms with Crippen LogP contribution in [-0.4, -0.2) is 12.1 Å². The van der Waals surface area contributed by atoms with E-state index in [1.165, 1.54) is 41.0 Å². The number of nitrogens with one attached hydrogen (secondary N) is 1. The van der Waals surface area contributed by atoms with Gasteiger partial charge in [-0.15, -0.1) is 0 Å². The Balaban J connectivity index is 1.74. The third-order valence-corrected chi connectivity index (χ3v) is 4.82. The van der Waals surface area contributed by atoms with Crippen LogP contribution in [0.4, 0.5) is 17.1 Å². The van der Waals surface area contributed by atoms with Crippen molar-refractivity contribution in [1.82, 2.24) is 0 Å². The van der Waals surface area contributed by atoms with Crippen LogP contribution >= 0.6 is 0 Å². The smallest absolute Gasteiger partial charge is 0.0446 e. The van der Waals surface area contributed by atoms with E-state index in [1.54, 1.807) is 0 Å². The number of anilines is 3. The van der Waals surface area contributed by atoms with Crippen LogP contribution in [0.5, 0.6) is 0 Å². The van der Waals surface area contributed by atoms with Gasteiger partial charge in [0.2, 0.25) is 0 Å². The van der Waals surface area contributed by atoms with Gasteiger partial charge < -0.3 is 10.2 Å².